The highest BCUT2D eigenvalue weighted by Crippen LogP contribution is 2.38. The van der Waals surface area contributed by atoms with E-state index in [1.54, 1.807) is 25.3 Å². The van der Waals surface area contributed by atoms with Crippen molar-refractivity contribution in [1.29, 1.82) is 0 Å². The van der Waals surface area contributed by atoms with E-state index in [2.05, 4.69) is 21.2 Å². The number of rotatable bonds is 3. The highest BCUT2D eigenvalue weighted by molar-refractivity contribution is 9.10. The van der Waals surface area contributed by atoms with Crippen molar-refractivity contribution < 1.29 is 4.74 Å². The van der Waals surface area contributed by atoms with Crippen LogP contribution < -0.4 is 15.8 Å². The Labute approximate surface area is 129 Å². The van der Waals surface area contributed by atoms with E-state index in [1.807, 2.05) is 12.1 Å². The van der Waals surface area contributed by atoms with Gasteiger partial charge in [-0.15, -0.1) is 0 Å². The molecule has 0 aromatic heterocycles. The molecule has 6 heteroatoms. The quantitative estimate of drug-likeness (QED) is 0.591. The normalized spacial score (nSPS) is 10.3. The van der Waals surface area contributed by atoms with Gasteiger partial charge in [0.2, 0.25) is 0 Å². The van der Waals surface area contributed by atoms with Crippen LogP contribution in [0, 0.1) is 0 Å². The second kappa shape index (κ2) is 5.90. The molecule has 3 N–H and O–H groups in total. The lowest BCUT2D eigenvalue weighted by molar-refractivity contribution is 0.415. The van der Waals surface area contributed by atoms with Crippen molar-refractivity contribution in [2.24, 2.45) is 0 Å². The molecule has 0 spiro atoms. The first kappa shape index (κ1) is 14.3. The average molecular weight is 362 g/mol. The molecule has 3 nitrogen and oxygen atoms in total. The molecule has 0 unspecified atom stereocenters. The van der Waals surface area contributed by atoms with Crippen molar-refractivity contribution in [1.82, 2.24) is 0 Å². The second-order valence-electron chi connectivity index (χ2n) is 3.80. The zero-order chi connectivity index (χ0) is 14.0. The topological polar surface area (TPSA) is 47.3 Å². The molecule has 0 aliphatic rings. The van der Waals surface area contributed by atoms with Crippen molar-refractivity contribution in [3.8, 4) is 5.75 Å². The average Bonchev–Trinajstić information content (AvgIpc) is 2.41. The third kappa shape index (κ3) is 3.08. The summed E-state index contributed by atoms with van der Waals surface area (Å²) in [6, 6.07) is 8.97. The van der Waals surface area contributed by atoms with Crippen LogP contribution in [0.25, 0.3) is 0 Å². The first-order valence-electron chi connectivity index (χ1n) is 5.37. The minimum atomic E-state index is 0.429. The summed E-state index contributed by atoms with van der Waals surface area (Å²) < 4.78 is 5.90. The Kier molecular flexibility index (Phi) is 4.45. The van der Waals surface area contributed by atoms with Gasteiger partial charge in [0.1, 0.15) is 5.75 Å². The summed E-state index contributed by atoms with van der Waals surface area (Å²) in [6.45, 7) is 0. The van der Waals surface area contributed by atoms with Crippen LogP contribution >= 0.6 is 39.1 Å². The van der Waals surface area contributed by atoms with Gasteiger partial charge in [-0.25, -0.2) is 0 Å². The van der Waals surface area contributed by atoms with Crippen molar-refractivity contribution in [2.75, 3.05) is 18.2 Å². The van der Waals surface area contributed by atoms with Crippen LogP contribution in [0.3, 0.4) is 0 Å². The van der Waals surface area contributed by atoms with Gasteiger partial charge in [0, 0.05) is 10.5 Å². The largest absolute Gasteiger partial charge is 0.497 e. The fraction of sp³-hybridized carbons (Fsp3) is 0.0769. The van der Waals surface area contributed by atoms with Gasteiger partial charge in [-0.2, -0.15) is 0 Å². The van der Waals surface area contributed by atoms with E-state index in [1.165, 1.54) is 0 Å². The van der Waals surface area contributed by atoms with Gasteiger partial charge in [0.15, 0.2) is 0 Å². The maximum Gasteiger partial charge on any atom is 0.121 e. The first-order chi connectivity index (χ1) is 9.02. The smallest absolute Gasteiger partial charge is 0.121 e. The standard InChI is InChI=1S/C13H11BrCl2N2O/c1-19-7-2-4-9(17)11(6-7)18-10-5-3-8(14)12(15)13(10)16/h2-6,18H,17H2,1H3. The Morgan fingerprint density at radius 2 is 1.84 bits per heavy atom. The number of halogens is 3. The molecular weight excluding hydrogens is 351 g/mol. The molecule has 0 aliphatic heterocycles. The van der Waals surface area contributed by atoms with Gasteiger partial charge in [0.05, 0.1) is 34.2 Å². The Morgan fingerprint density at radius 3 is 2.53 bits per heavy atom. The molecule has 2 aromatic carbocycles. The molecule has 0 saturated carbocycles. The van der Waals surface area contributed by atoms with Gasteiger partial charge < -0.3 is 15.8 Å². The number of ether oxygens (including phenoxy) is 1. The van der Waals surface area contributed by atoms with E-state index in [9.17, 15) is 0 Å². The van der Waals surface area contributed by atoms with Crippen LogP contribution in [0.15, 0.2) is 34.8 Å². The zero-order valence-corrected chi connectivity index (χ0v) is 13.1. The minimum Gasteiger partial charge on any atom is -0.497 e. The van der Waals surface area contributed by atoms with E-state index >= 15 is 0 Å². The SMILES string of the molecule is COc1ccc(N)c(Nc2ccc(Br)c(Cl)c2Cl)c1. The highest BCUT2D eigenvalue weighted by atomic mass is 79.9. The summed E-state index contributed by atoms with van der Waals surface area (Å²) in [5.41, 5.74) is 7.88. The predicted octanol–water partition coefficient (Wildman–Crippen LogP) is 5.09. The van der Waals surface area contributed by atoms with Crippen LogP contribution in [-0.4, -0.2) is 7.11 Å². The molecule has 2 aromatic rings. The number of anilines is 3. The molecule has 0 bridgehead atoms. The van der Waals surface area contributed by atoms with Crippen LogP contribution in [0.5, 0.6) is 5.75 Å². The number of hydrogen-bond acceptors (Lipinski definition) is 3. The summed E-state index contributed by atoms with van der Waals surface area (Å²) in [5.74, 6) is 0.705. The van der Waals surface area contributed by atoms with Gasteiger partial charge in [-0.05, 0) is 40.2 Å². The zero-order valence-electron chi connectivity index (χ0n) is 10.0. The highest BCUT2D eigenvalue weighted by Gasteiger charge is 2.10. The lowest BCUT2D eigenvalue weighted by Crippen LogP contribution is -1.98. The summed E-state index contributed by atoms with van der Waals surface area (Å²) >= 11 is 15.6. The fourth-order valence-electron chi connectivity index (χ4n) is 1.54. The molecule has 0 radical (unpaired) electrons. The number of methoxy groups -OCH3 is 1. The van der Waals surface area contributed by atoms with E-state index in [-0.39, 0.29) is 0 Å². The summed E-state index contributed by atoms with van der Waals surface area (Å²) in [6.07, 6.45) is 0. The Bertz CT molecular complexity index is 620. The first-order valence-corrected chi connectivity index (χ1v) is 6.92. The van der Waals surface area contributed by atoms with Crippen molar-refractivity contribution >= 4 is 56.2 Å². The monoisotopic (exact) mass is 360 g/mol. The summed E-state index contributed by atoms with van der Waals surface area (Å²) in [4.78, 5) is 0. The molecule has 0 amide bonds. The number of nitrogens with one attached hydrogen (secondary N) is 1. The van der Waals surface area contributed by atoms with Crippen LogP contribution in [-0.2, 0) is 0 Å². The lowest BCUT2D eigenvalue weighted by Gasteiger charge is -2.13. The number of nitrogens with two attached hydrogens (primary N) is 1. The summed E-state index contributed by atoms with van der Waals surface area (Å²) in [7, 11) is 1.60. The van der Waals surface area contributed by atoms with E-state index in [4.69, 9.17) is 33.7 Å². The predicted molar refractivity (Wildman–Crippen MR) is 84.9 cm³/mol. The van der Waals surface area contributed by atoms with Gasteiger partial charge >= 0.3 is 0 Å². The third-order valence-electron chi connectivity index (χ3n) is 2.56. The van der Waals surface area contributed by atoms with E-state index in [0.717, 1.165) is 4.47 Å². The lowest BCUT2D eigenvalue weighted by atomic mass is 10.2. The Balaban J connectivity index is 2.39. The third-order valence-corrected chi connectivity index (χ3v) is 4.34. The van der Waals surface area contributed by atoms with Crippen molar-refractivity contribution in [3.63, 3.8) is 0 Å². The van der Waals surface area contributed by atoms with Crippen LogP contribution in [0.4, 0.5) is 17.1 Å². The molecule has 0 aliphatic carbocycles. The van der Waals surface area contributed by atoms with Crippen LogP contribution in [0.1, 0.15) is 0 Å². The number of hydrogen-bond donors (Lipinski definition) is 2. The Hall–Kier alpha value is -1.10. The number of benzene rings is 2. The second-order valence-corrected chi connectivity index (χ2v) is 5.41. The summed E-state index contributed by atoms with van der Waals surface area (Å²) in [5, 5.41) is 4.02. The van der Waals surface area contributed by atoms with Crippen molar-refractivity contribution in [3.05, 3.63) is 44.8 Å². The maximum absolute atomic E-state index is 6.18. The van der Waals surface area contributed by atoms with Crippen molar-refractivity contribution in [2.45, 2.75) is 0 Å². The fourth-order valence-corrected chi connectivity index (χ4v) is 2.36. The maximum atomic E-state index is 6.18. The molecule has 100 valence electrons. The molecule has 0 fully saturated rings. The minimum absolute atomic E-state index is 0.429. The van der Waals surface area contributed by atoms with E-state index < -0.39 is 0 Å². The molecule has 19 heavy (non-hydrogen) atoms. The molecule has 0 heterocycles. The van der Waals surface area contributed by atoms with Gasteiger partial charge in [-0.3, -0.25) is 0 Å². The van der Waals surface area contributed by atoms with Crippen LogP contribution in [0.2, 0.25) is 10.0 Å². The Morgan fingerprint density at radius 1 is 1.11 bits per heavy atom. The molecular formula is C13H11BrCl2N2O. The van der Waals surface area contributed by atoms with Gasteiger partial charge in [0.25, 0.3) is 0 Å². The van der Waals surface area contributed by atoms with Gasteiger partial charge in [-0.1, -0.05) is 23.2 Å². The van der Waals surface area contributed by atoms with E-state index in [0.29, 0.717) is 32.9 Å². The number of nitrogen functional groups attached to an aromatic ring is 1. The molecule has 0 saturated heterocycles. The molecule has 0 atom stereocenters. The molecule has 2 rings (SSSR count).